The van der Waals surface area contributed by atoms with Gasteiger partial charge < -0.3 is 0 Å². The smallest absolute Gasteiger partial charge is 0.0205 e. The van der Waals surface area contributed by atoms with E-state index in [9.17, 15) is 0 Å². The number of fused-ring (bicyclic) bond motifs is 1. The summed E-state index contributed by atoms with van der Waals surface area (Å²) >= 11 is 2.38. The quantitative estimate of drug-likeness (QED) is 0.617. The van der Waals surface area contributed by atoms with Crippen LogP contribution < -0.4 is 10.4 Å². The predicted octanol–water partition coefficient (Wildman–Crippen LogP) is 1.50. The molecule has 2 rings (SSSR count). The van der Waals surface area contributed by atoms with Crippen molar-refractivity contribution in [1.29, 1.82) is 0 Å². The average molecular weight is 256 g/mol. The SMILES string of the molecule is C[C@@H]1C=c2cccc(I)c2=C1. The molecule has 0 aromatic heterocycles. The molecular weight excluding hydrogens is 247 g/mol. The van der Waals surface area contributed by atoms with Gasteiger partial charge >= 0.3 is 0 Å². The van der Waals surface area contributed by atoms with Gasteiger partial charge in [-0.3, -0.25) is 0 Å². The minimum atomic E-state index is 0.612. The standard InChI is InChI=1S/C10H9I/c1-7-5-8-3-2-4-10(11)9(8)6-7/h2-7H,1H3/t7-/m1/s1. The van der Waals surface area contributed by atoms with Gasteiger partial charge in [0, 0.05) is 3.57 Å². The van der Waals surface area contributed by atoms with Crippen molar-refractivity contribution < 1.29 is 0 Å². The number of hydrogen-bond donors (Lipinski definition) is 0. The zero-order valence-corrected chi connectivity index (χ0v) is 8.50. The lowest BCUT2D eigenvalue weighted by Crippen LogP contribution is -2.23. The molecule has 0 bridgehead atoms. The lowest BCUT2D eigenvalue weighted by Gasteiger charge is -1.88. The van der Waals surface area contributed by atoms with Gasteiger partial charge in [-0.05, 0) is 45.0 Å². The highest BCUT2D eigenvalue weighted by Crippen LogP contribution is 2.04. The molecule has 0 heterocycles. The summed E-state index contributed by atoms with van der Waals surface area (Å²) in [5, 5.41) is 2.81. The predicted molar refractivity (Wildman–Crippen MR) is 56.5 cm³/mol. The van der Waals surface area contributed by atoms with E-state index in [4.69, 9.17) is 0 Å². The van der Waals surface area contributed by atoms with Crippen LogP contribution in [0.5, 0.6) is 0 Å². The molecule has 0 unspecified atom stereocenters. The Kier molecular flexibility index (Phi) is 1.75. The highest BCUT2D eigenvalue weighted by atomic mass is 127. The molecular formula is C10H9I. The number of hydrogen-bond acceptors (Lipinski definition) is 0. The highest BCUT2D eigenvalue weighted by molar-refractivity contribution is 14.1. The van der Waals surface area contributed by atoms with Gasteiger partial charge in [0.25, 0.3) is 0 Å². The average Bonchev–Trinajstić information content (AvgIpc) is 2.31. The molecule has 0 fully saturated rings. The second-order valence-corrected chi connectivity index (χ2v) is 4.10. The van der Waals surface area contributed by atoms with Gasteiger partial charge in [-0.2, -0.15) is 0 Å². The summed E-state index contributed by atoms with van der Waals surface area (Å²) < 4.78 is 1.36. The molecule has 1 aliphatic rings. The molecule has 1 aromatic carbocycles. The monoisotopic (exact) mass is 256 g/mol. The Labute approximate surface area is 79.8 Å². The van der Waals surface area contributed by atoms with E-state index in [2.05, 4.69) is 59.9 Å². The van der Waals surface area contributed by atoms with E-state index in [0.717, 1.165) is 0 Å². The summed E-state index contributed by atoms with van der Waals surface area (Å²) in [4.78, 5) is 0. The molecule has 0 saturated carbocycles. The maximum Gasteiger partial charge on any atom is 0.0205 e. The zero-order valence-electron chi connectivity index (χ0n) is 6.34. The van der Waals surface area contributed by atoms with Gasteiger partial charge in [-0.25, -0.2) is 0 Å². The Bertz CT molecular complexity index is 390. The summed E-state index contributed by atoms with van der Waals surface area (Å²) in [5.41, 5.74) is 0. The molecule has 11 heavy (non-hydrogen) atoms. The van der Waals surface area contributed by atoms with Crippen LogP contribution in [0.3, 0.4) is 0 Å². The van der Waals surface area contributed by atoms with Gasteiger partial charge in [-0.15, -0.1) is 0 Å². The lowest BCUT2D eigenvalue weighted by molar-refractivity contribution is 1.07. The topological polar surface area (TPSA) is 0 Å². The molecule has 0 N–H and O–H groups in total. The molecule has 56 valence electrons. The second kappa shape index (κ2) is 2.63. The second-order valence-electron chi connectivity index (χ2n) is 2.94. The molecule has 0 nitrogen and oxygen atoms in total. The molecule has 0 radical (unpaired) electrons. The van der Waals surface area contributed by atoms with Crippen LogP contribution >= 0.6 is 22.6 Å². The van der Waals surface area contributed by atoms with Crippen molar-refractivity contribution in [2.45, 2.75) is 6.92 Å². The van der Waals surface area contributed by atoms with E-state index in [1.807, 2.05) is 0 Å². The van der Waals surface area contributed by atoms with E-state index in [1.165, 1.54) is 14.0 Å². The summed E-state index contributed by atoms with van der Waals surface area (Å²) in [5.74, 6) is 0.612. The Balaban J connectivity index is 2.87. The van der Waals surface area contributed by atoms with Crippen LogP contribution in [-0.4, -0.2) is 0 Å². The van der Waals surface area contributed by atoms with Crippen molar-refractivity contribution >= 4 is 34.7 Å². The highest BCUT2D eigenvalue weighted by Gasteiger charge is 2.02. The molecule has 0 spiro atoms. The van der Waals surface area contributed by atoms with E-state index in [1.54, 1.807) is 0 Å². The number of halogens is 1. The number of benzene rings is 1. The van der Waals surface area contributed by atoms with E-state index in [-0.39, 0.29) is 0 Å². The Hall–Kier alpha value is -0.310. The fraction of sp³-hybridized carbons (Fsp3) is 0.200. The van der Waals surface area contributed by atoms with Crippen molar-refractivity contribution in [3.05, 3.63) is 32.2 Å². The minimum Gasteiger partial charge on any atom is -0.0700 e. The first-order chi connectivity index (χ1) is 5.27. The van der Waals surface area contributed by atoms with Crippen LogP contribution in [0.25, 0.3) is 12.2 Å². The fourth-order valence-corrected chi connectivity index (χ4v) is 2.17. The van der Waals surface area contributed by atoms with Crippen molar-refractivity contribution in [3.63, 3.8) is 0 Å². The van der Waals surface area contributed by atoms with Crippen LogP contribution in [-0.2, 0) is 0 Å². The minimum absolute atomic E-state index is 0.612. The van der Waals surface area contributed by atoms with Gasteiger partial charge in [0.15, 0.2) is 0 Å². The van der Waals surface area contributed by atoms with Crippen molar-refractivity contribution in [1.82, 2.24) is 0 Å². The summed E-state index contributed by atoms with van der Waals surface area (Å²) in [6.45, 7) is 2.22. The lowest BCUT2D eigenvalue weighted by atomic mass is 10.2. The first-order valence-electron chi connectivity index (χ1n) is 3.75. The molecule has 1 heteroatoms. The summed E-state index contributed by atoms with van der Waals surface area (Å²) in [6, 6.07) is 6.45. The van der Waals surface area contributed by atoms with E-state index >= 15 is 0 Å². The van der Waals surface area contributed by atoms with Crippen LogP contribution in [0.4, 0.5) is 0 Å². The zero-order chi connectivity index (χ0) is 7.84. The summed E-state index contributed by atoms with van der Waals surface area (Å²) in [6.07, 6.45) is 4.62. The maximum absolute atomic E-state index is 2.38. The van der Waals surface area contributed by atoms with Crippen LogP contribution in [0.15, 0.2) is 18.2 Å². The fourth-order valence-electron chi connectivity index (χ4n) is 1.47. The molecule has 0 amide bonds. The van der Waals surface area contributed by atoms with Gasteiger partial charge in [0.2, 0.25) is 0 Å². The van der Waals surface area contributed by atoms with E-state index < -0.39 is 0 Å². The van der Waals surface area contributed by atoms with E-state index in [0.29, 0.717) is 5.92 Å². The normalized spacial score (nSPS) is 20.4. The molecule has 0 aliphatic heterocycles. The largest absolute Gasteiger partial charge is 0.0700 e. The third-order valence-corrected chi connectivity index (χ3v) is 2.90. The Morgan fingerprint density at radius 1 is 1.27 bits per heavy atom. The summed E-state index contributed by atoms with van der Waals surface area (Å²) in [7, 11) is 0. The third-order valence-electron chi connectivity index (χ3n) is 1.96. The Morgan fingerprint density at radius 3 is 2.82 bits per heavy atom. The maximum atomic E-state index is 2.38. The van der Waals surface area contributed by atoms with Crippen LogP contribution in [0.2, 0.25) is 0 Å². The van der Waals surface area contributed by atoms with Crippen molar-refractivity contribution in [2.75, 3.05) is 0 Å². The molecule has 0 saturated heterocycles. The van der Waals surface area contributed by atoms with Crippen LogP contribution in [0.1, 0.15) is 6.92 Å². The van der Waals surface area contributed by atoms with Crippen molar-refractivity contribution in [3.8, 4) is 0 Å². The molecule has 1 aliphatic carbocycles. The molecule has 1 atom stereocenters. The van der Waals surface area contributed by atoms with Gasteiger partial charge in [0.05, 0.1) is 0 Å². The molecule has 1 aromatic rings. The Morgan fingerprint density at radius 2 is 2.09 bits per heavy atom. The first-order valence-corrected chi connectivity index (χ1v) is 4.83. The first kappa shape index (κ1) is 7.35. The third kappa shape index (κ3) is 1.22. The van der Waals surface area contributed by atoms with Gasteiger partial charge in [0.1, 0.15) is 0 Å². The van der Waals surface area contributed by atoms with Gasteiger partial charge in [-0.1, -0.05) is 31.2 Å². The van der Waals surface area contributed by atoms with Crippen molar-refractivity contribution in [2.24, 2.45) is 5.92 Å². The number of rotatable bonds is 0. The van der Waals surface area contributed by atoms with Crippen LogP contribution in [0, 0.1) is 9.49 Å².